The van der Waals surface area contributed by atoms with Crippen LogP contribution in [0.15, 0.2) is 271 Å². The molecule has 0 aliphatic rings. The SMILES string of the molecule is c1ccc(-c2ccccc2N(c2ccc3sc4ccccc4c3c2)c2ccc3c(c2)c2ccccc2c2c4ccc(N(c5ccccc5-c5ccccc5)c5cccc6c5oc5ccccc56)cc4ccc32)cc1. The van der Waals surface area contributed by atoms with E-state index in [-0.39, 0.29) is 0 Å². The number of nitrogens with zero attached hydrogens (tertiary/aromatic N) is 2. The van der Waals surface area contributed by atoms with Crippen molar-refractivity contribution in [2.24, 2.45) is 0 Å². The number of furan rings is 1. The van der Waals surface area contributed by atoms with E-state index in [4.69, 9.17) is 4.42 Å². The van der Waals surface area contributed by atoms with E-state index < -0.39 is 0 Å². The van der Waals surface area contributed by atoms with Crippen LogP contribution in [0, 0.1) is 0 Å². The average molecular weight is 961 g/mol. The van der Waals surface area contributed by atoms with E-state index in [1.807, 2.05) is 17.4 Å². The van der Waals surface area contributed by atoms with Gasteiger partial charge >= 0.3 is 0 Å². The number of benzene rings is 13. The highest BCUT2D eigenvalue weighted by Crippen LogP contribution is 2.49. The van der Waals surface area contributed by atoms with Crippen LogP contribution < -0.4 is 9.80 Å². The van der Waals surface area contributed by atoms with Crippen LogP contribution in [-0.4, -0.2) is 0 Å². The number of rotatable bonds is 8. The topological polar surface area (TPSA) is 19.6 Å². The summed E-state index contributed by atoms with van der Waals surface area (Å²) in [5.41, 5.74) is 12.8. The van der Waals surface area contributed by atoms with Gasteiger partial charge in [0.05, 0.1) is 17.1 Å². The van der Waals surface area contributed by atoms with Gasteiger partial charge in [0.25, 0.3) is 0 Å². The molecule has 15 aromatic rings. The molecule has 0 aliphatic heterocycles. The molecule has 74 heavy (non-hydrogen) atoms. The Bertz CT molecular complexity index is 4670. The zero-order chi connectivity index (χ0) is 48.7. The van der Waals surface area contributed by atoms with E-state index in [9.17, 15) is 0 Å². The normalized spacial score (nSPS) is 11.8. The van der Waals surface area contributed by atoms with Gasteiger partial charge in [-0.3, -0.25) is 0 Å². The summed E-state index contributed by atoms with van der Waals surface area (Å²) in [6.45, 7) is 0. The van der Waals surface area contributed by atoms with Crippen LogP contribution >= 0.6 is 11.3 Å². The molecule has 2 heterocycles. The molecule has 0 radical (unpaired) electrons. The number of hydrogen-bond donors (Lipinski definition) is 0. The Morgan fingerprint density at radius 3 is 1.54 bits per heavy atom. The lowest BCUT2D eigenvalue weighted by atomic mass is 9.90. The smallest absolute Gasteiger partial charge is 0.159 e. The first-order valence-corrected chi connectivity index (χ1v) is 26.1. The minimum absolute atomic E-state index is 0.856. The highest BCUT2D eigenvalue weighted by atomic mass is 32.1. The Kier molecular flexibility index (Phi) is 9.75. The largest absolute Gasteiger partial charge is 0.454 e. The molecule has 0 N–H and O–H groups in total. The van der Waals surface area contributed by atoms with Gasteiger partial charge < -0.3 is 14.2 Å². The first-order chi connectivity index (χ1) is 36.7. The number of anilines is 6. The van der Waals surface area contributed by atoms with Crippen LogP contribution in [0.5, 0.6) is 0 Å². The molecule has 0 fully saturated rings. The van der Waals surface area contributed by atoms with E-state index in [0.29, 0.717) is 0 Å². The molecule has 346 valence electrons. The van der Waals surface area contributed by atoms with Gasteiger partial charge in [-0.1, -0.05) is 194 Å². The third-order valence-electron chi connectivity index (χ3n) is 15.0. The van der Waals surface area contributed by atoms with Crippen LogP contribution in [0.4, 0.5) is 34.1 Å². The summed E-state index contributed by atoms with van der Waals surface area (Å²) in [5, 5.41) is 14.5. The predicted molar refractivity (Wildman–Crippen MR) is 317 cm³/mol. The summed E-state index contributed by atoms with van der Waals surface area (Å²) in [6, 6.07) is 97.3. The van der Waals surface area contributed by atoms with Crippen molar-refractivity contribution in [2.45, 2.75) is 0 Å². The Hall–Kier alpha value is -9.48. The van der Waals surface area contributed by atoms with Gasteiger partial charge in [0.15, 0.2) is 5.58 Å². The van der Waals surface area contributed by atoms with Crippen molar-refractivity contribution in [1.29, 1.82) is 0 Å². The van der Waals surface area contributed by atoms with Crippen LogP contribution in [-0.2, 0) is 0 Å². The van der Waals surface area contributed by atoms with Crippen LogP contribution in [0.1, 0.15) is 0 Å². The molecule has 0 spiro atoms. The highest BCUT2D eigenvalue weighted by Gasteiger charge is 2.24. The second-order valence-electron chi connectivity index (χ2n) is 19.1. The number of fused-ring (bicyclic) bond motifs is 14. The van der Waals surface area contributed by atoms with E-state index in [2.05, 4.69) is 271 Å². The number of para-hydroxylation sites is 4. The molecule has 0 atom stereocenters. The fraction of sp³-hybridized carbons (Fsp3) is 0. The van der Waals surface area contributed by atoms with Gasteiger partial charge in [0, 0.05) is 59.1 Å². The third kappa shape index (κ3) is 6.73. The molecule has 0 bridgehead atoms. The average Bonchev–Trinajstić information content (AvgIpc) is 4.05. The molecule has 2 aromatic heterocycles. The monoisotopic (exact) mass is 960 g/mol. The van der Waals surface area contributed by atoms with Gasteiger partial charge in [-0.25, -0.2) is 0 Å². The lowest BCUT2D eigenvalue weighted by molar-refractivity contribution is 0.669. The van der Waals surface area contributed by atoms with E-state index in [1.54, 1.807) is 0 Å². The molecule has 0 aliphatic carbocycles. The molecule has 15 rings (SSSR count). The van der Waals surface area contributed by atoms with E-state index in [0.717, 1.165) is 72.6 Å². The molecule has 0 unspecified atom stereocenters. The van der Waals surface area contributed by atoms with E-state index in [1.165, 1.54) is 69.0 Å². The summed E-state index contributed by atoms with van der Waals surface area (Å²) in [7, 11) is 0. The summed E-state index contributed by atoms with van der Waals surface area (Å²) in [6.07, 6.45) is 0. The maximum atomic E-state index is 6.77. The van der Waals surface area contributed by atoms with Crippen LogP contribution in [0.3, 0.4) is 0 Å². The summed E-state index contributed by atoms with van der Waals surface area (Å²) >= 11 is 1.85. The van der Waals surface area contributed by atoms with Gasteiger partial charge in [0.2, 0.25) is 0 Å². The Balaban J connectivity index is 0.935. The number of thiophene rings is 1. The summed E-state index contributed by atoms with van der Waals surface area (Å²) in [4.78, 5) is 4.85. The lowest BCUT2D eigenvalue weighted by Gasteiger charge is -2.29. The maximum Gasteiger partial charge on any atom is 0.159 e. The lowest BCUT2D eigenvalue weighted by Crippen LogP contribution is -2.11. The fourth-order valence-corrected chi connectivity index (χ4v) is 12.8. The molecule has 3 nitrogen and oxygen atoms in total. The first kappa shape index (κ1) is 42.2. The van der Waals surface area contributed by atoms with Gasteiger partial charge in [-0.15, -0.1) is 11.3 Å². The van der Waals surface area contributed by atoms with Crippen molar-refractivity contribution in [1.82, 2.24) is 0 Å². The van der Waals surface area contributed by atoms with Gasteiger partial charge in [-0.05, 0) is 127 Å². The minimum atomic E-state index is 0.856. The highest BCUT2D eigenvalue weighted by molar-refractivity contribution is 7.25. The second-order valence-corrected chi connectivity index (χ2v) is 20.2. The minimum Gasteiger partial charge on any atom is -0.454 e. The second kappa shape index (κ2) is 17.1. The van der Waals surface area contributed by atoms with Crippen LogP contribution in [0.2, 0.25) is 0 Å². The van der Waals surface area contributed by atoms with Crippen molar-refractivity contribution in [2.75, 3.05) is 9.80 Å². The molecule has 13 aromatic carbocycles. The van der Waals surface area contributed by atoms with Crippen molar-refractivity contribution in [3.63, 3.8) is 0 Å². The standard InChI is InChI=1S/C70H44N2OS/c1-3-18-45(19-4-1)51-22-9-13-29-63(51)71(50-37-41-68-62(44-50)57-26-12-16-33-67(57)74-68)49-36-40-55-59-38-34-47-42-48(35-39-53(47)69(59)58-27-8-7-24-54(58)61(55)43-49)72(64-30-14-10-23-52(64)46-20-5-2-6-21-46)65-31-17-28-60-56-25-11-15-32-66(56)73-70(60)65/h1-44H. The zero-order valence-electron chi connectivity index (χ0n) is 40.1. The third-order valence-corrected chi connectivity index (χ3v) is 16.2. The van der Waals surface area contributed by atoms with E-state index >= 15 is 0 Å². The molecule has 4 heteroatoms. The summed E-state index contributed by atoms with van der Waals surface area (Å²) < 4.78 is 9.36. The van der Waals surface area contributed by atoms with Crippen LogP contribution in [0.25, 0.3) is 107 Å². The molecule has 0 saturated carbocycles. The molecular formula is C70H44N2OS. The molecule has 0 amide bonds. The molecule has 0 saturated heterocycles. The Morgan fingerprint density at radius 1 is 0.284 bits per heavy atom. The Labute approximate surface area is 431 Å². The Morgan fingerprint density at radius 2 is 0.784 bits per heavy atom. The maximum absolute atomic E-state index is 6.77. The summed E-state index contributed by atoms with van der Waals surface area (Å²) in [5.74, 6) is 0. The fourth-order valence-electron chi connectivity index (χ4n) is 11.7. The van der Waals surface area contributed by atoms with Crippen molar-refractivity contribution < 1.29 is 4.42 Å². The van der Waals surface area contributed by atoms with Gasteiger partial charge in [-0.2, -0.15) is 0 Å². The predicted octanol–water partition coefficient (Wildman–Crippen LogP) is 20.8. The van der Waals surface area contributed by atoms with Crippen molar-refractivity contribution >= 4 is 131 Å². The first-order valence-electron chi connectivity index (χ1n) is 25.2. The van der Waals surface area contributed by atoms with Crippen molar-refractivity contribution in [3.8, 4) is 22.3 Å². The van der Waals surface area contributed by atoms with Gasteiger partial charge in [0.1, 0.15) is 5.58 Å². The zero-order valence-corrected chi connectivity index (χ0v) is 40.9. The van der Waals surface area contributed by atoms with Crippen molar-refractivity contribution in [3.05, 3.63) is 267 Å². The quantitative estimate of drug-likeness (QED) is 0.142. The molecular weight excluding hydrogens is 917 g/mol. The number of hydrogen-bond acceptors (Lipinski definition) is 4.